The quantitative estimate of drug-likeness (QED) is 0.0587. The average molecular weight is 835 g/mol. The van der Waals surface area contributed by atoms with E-state index < -0.39 is 5.97 Å². The predicted molar refractivity (Wildman–Crippen MR) is 248 cm³/mol. The number of unbranched alkanes of at least 4 members (excludes halogenated alkanes) is 18. The zero-order chi connectivity index (χ0) is 42.6. The van der Waals surface area contributed by atoms with E-state index in [-0.39, 0.29) is 24.9 Å². The van der Waals surface area contributed by atoms with E-state index >= 15 is 0 Å². The van der Waals surface area contributed by atoms with Crippen LogP contribution in [-0.2, 0) is 14.3 Å². The molecule has 9 nitrogen and oxygen atoms in total. The Kier molecular flexibility index (Phi) is 34.1. The topological polar surface area (TPSA) is 96.8 Å². The lowest BCUT2D eigenvalue weighted by Crippen LogP contribution is -2.49. The maximum Gasteiger partial charge on any atom is 0.303 e. The average Bonchev–Trinajstić information content (AvgIpc) is 3.20. The van der Waals surface area contributed by atoms with Crippen molar-refractivity contribution in [3.63, 3.8) is 0 Å². The highest BCUT2D eigenvalue weighted by Crippen LogP contribution is 2.37. The standard InChI is InChI=1S/C50H98N4O5/c1-4-7-9-11-13-15-17-19-21-23-27-47(46-28-25-29-46)44-53(45-48(55)30-24-22-20-18-16-14-12-10-8-5-2)40-42-59-43-41-54(49(56)31-26-32-50(57)58)39-38-52-36-34-51(33-6-3)35-37-52/h46-48,55H,4-45H2,1-3H3,(H,57,58). The van der Waals surface area contributed by atoms with Crippen LogP contribution in [0.2, 0.25) is 0 Å². The van der Waals surface area contributed by atoms with Gasteiger partial charge in [0.25, 0.3) is 0 Å². The molecule has 1 saturated heterocycles. The molecule has 1 aliphatic carbocycles. The monoisotopic (exact) mass is 835 g/mol. The van der Waals surface area contributed by atoms with Crippen molar-refractivity contribution in [3.8, 4) is 0 Å². The molecule has 0 spiro atoms. The van der Waals surface area contributed by atoms with Crippen molar-refractivity contribution in [1.82, 2.24) is 19.6 Å². The Morgan fingerprint density at radius 1 is 0.593 bits per heavy atom. The molecule has 1 heterocycles. The lowest BCUT2D eigenvalue weighted by atomic mass is 9.73. The first kappa shape index (κ1) is 53.9. The Bertz CT molecular complexity index is 975. The molecule has 2 aliphatic rings. The highest BCUT2D eigenvalue weighted by Gasteiger charge is 2.29. The van der Waals surface area contributed by atoms with Crippen LogP contribution in [0.1, 0.15) is 207 Å². The van der Waals surface area contributed by atoms with E-state index in [1.54, 1.807) is 0 Å². The van der Waals surface area contributed by atoms with Crippen LogP contribution in [0.25, 0.3) is 0 Å². The fourth-order valence-electron chi connectivity index (χ4n) is 9.32. The van der Waals surface area contributed by atoms with Crippen LogP contribution in [0.3, 0.4) is 0 Å². The van der Waals surface area contributed by atoms with E-state index in [0.29, 0.717) is 38.6 Å². The molecular formula is C50H98N4O5. The lowest BCUT2D eigenvalue weighted by molar-refractivity contribution is -0.137. The SMILES string of the molecule is CCCCCCCCCCCCC(O)CN(CCOCCN(CCN1CCN(CCC)CC1)C(=O)CCCC(=O)O)CC(CCCCCCCCCCCC)C1CCC1. The molecule has 1 saturated carbocycles. The van der Waals surface area contributed by atoms with E-state index in [1.165, 1.54) is 154 Å². The largest absolute Gasteiger partial charge is 0.481 e. The minimum Gasteiger partial charge on any atom is -0.481 e. The lowest BCUT2D eigenvalue weighted by Gasteiger charge is -2.38. The minimum atomic E-state index is -0.848. The predicted octanol–water partition coefficient (Wildman–Crippen LogP) is 10.8. The molecule has 2 rings (SSSR count). The normalized spacial score (nSPS) is 16.4. The number of carboxylic acid groups (broad SMARTS) is 1. The van der Waals surface area contributed by atoms with Crippen LogP contribution in [0.5, 0.6) is 0 Å². The van der Waals surface area contributed by atoms with Gasteiger partial charge in [-0.25, -0.2) is 0 Å². The summed E-state index contributed by atoms with van der Waals surface area (Å²) in [5.74, 6) is 0.710. The van der Waals surface area contributed by atoms with Gasteiger partial charge in [0, 0.05) is 78.3 Å². The third kappa shape index (κ3) is 28.9. The summed E-state index contributed by atoms with van der Waals surface area (Å²) >= 11 is 0. The van der Waals surface area contributed by atoms with Crippen LogP contribution in [-0.4, -0.2) is 133 Å². The number of carboxylic acids is 1. The van der Waals surface area contributed by atoms with Gasteiger partial charge in [0.15, 0.2) is 0 Å². The summed E-state index contributed by atoms with van der Waals surface area (Å²) in [5.41, 5.74) is 0. The number of ether oxygens (including phenoxy) is 1. The van der Waals surface area contributed by atoms with E-state index in [2.05, 4.69) is 35.5 Å². The number of rotatable bonds is 42. The zero-order valence-electron chi connectivity index (χ0n) is 39.3. The van der Waals surface area contributed by atoms with Gasteiger partial charge in [0.05, 0.1) is 19.3 Å². The van der Waals surface area contributed by atoms with Gasteiger partial charge in [-0.3, -0.25) is 19.4 Å². The molecule has 1 amide bonds. The van der Waals surface area contributed by atoms with Gasteiger partial charge >= 0.3 is 5.97 Å². The number of aliphatic hydroxyl groups excluding tert-OH is 1. The molecule has 0 aromatic rings. The number of hydrogen-bond acceptors (Lipinski definition) is 7. The van der Waals surface area contributed by atoms with Gasteiger partial charge in [-0.05, 0) is 44.1 Å². The van der Waals surface area contributed by atoms with Gasteiger partial charge in [-0.15, -0.1) is 0 Å². The number of hydrogen-bond donors (Lipinski definition) is 2. The first-order valence-corrected chi connectivity index (χ1v) is 25.8. The highest BCUT2D eigenvalue weighted by atomic mass is 16.5. The van der Waals surface area contributed by atoms with Crippen LogP contribution in [0, 0.1) is 11.8 Å². The second-order valence-electron chi connectivity index (χ2n) is 18.7. The summed E-state index contributed by atoms with van der Waals surface area (Å²) in [4.78, 5) is 33.8. The molecule has 2 fully saturated rings. The summed E-state index contributed by atoms with van der Waals surface area (Å²) in [6.07, 6.45) is 34.7. The first-order chi connectivity index (χ1) is 28.9. The highest BCUT2D eigenvalue weighted by molar-refractivity contribution is 5.77. The Hall–Kier alpha value is -1.26. The van der Waals surface area contributed by atoms with E-state index in [1.807, 2.05) is 4.90 Å². The number of carbonyl (C=O) groups excluding carboxylic acids is 1. The zero-order valence-corrected chi connectivity index (χ0v) is 39.3. The van der Waals surface area contributed by atoms with Gasteiger partial charge in [0.2, 0.25) is 5.91 Å². The summed E-state index contributed by atoms with van der Waals surface area (Å²) in [7, 11) is 0. The summed E-state index contributed by atoms with van der Waals surface area (Å²) < 4.78 is 6.29. The van der Waals surface area contributed by atoms with Crippen LogP contribution in [0.15, 0.2) is 0 Å². The number of aliphatic hydroxyl groups is 1. The second kappa shape index (κ2) is 37.3. The van der Waals surface area contributed by atoms with Crippen molar-refractivity contribution >= 4 is 11.9 Å². The first-order valence-electron chi connectivity index (χ1n) is 25.8. The van der Waals surface area contributed by atoms with E-state index in [4.69, 9.17) is 9.84 Å². The number of nitrogens with zero attached hydrogens (tertiary/aromatic N) is 4. The Labute approximate surface area is 365 Å². The molecule has 2 atom stereocenters. The van der Waals surface area contributed by atoms with Crippen molar-refractivity contribution in [2.24, 2.45) is 11.8 Å². The van der Waals surface area contributed by atoms with Crippen LogP contribution >= 0.6 is 0 Å². The molecule has 0 radical (unpaired) electrons. The fraction of sp³-hybridized carbons (Fsp3) is 0.960. The minimum absolute atomic E-state index is 0.0252. The van der Waals surface area contributed by atoms with Gasteiger partial charge < -0.3 is 24.7 Å². The molecular weight excluding hydrogens is 737 g/mol. The Balaban J connectivity index is 1.88. The van der Waals surface area contributed by atoms with Crippen molar-refractivity contribution in [2.75, 3.05) is 85.2 Å². The molecule has 2 N–H and O–H groups in total. The molecule has 2 unspecified atom stereocenters. The third-order valence-corrected chi connectivity index (χ3v) is 13.5. The Morgan fingerprint density at radius 2 is 1.10 bits per heavy atom. The van der Waals surface area contributed by atoms with Gasteiger partial charge in [-0.2, -0.15) is 0 Å². The van der Waals surface area contributed by atoms with Crippen molar-refractivity contribution in [2.45, 2.75) is 213 Å². The van der Waals surface area contributed by atoms with Crippen molar-refractivity contribution in [3.05, 3.63) is 0 Å². The third-order valence-electron chi connectivity index (χ3n) is 13.5. The molecule has 348 valence electrons. The molecule has 59 heavy (non-hydrogen) atoms. The number of piperazine rings is 1. The van der Waals surface area contributed by atoms with E-state index in [9.17, 15) is 14.7 Å². The summed E-state index contributed by atoms with van der Waals surface area (Å²) in [6, 6.07) is 0. The van der Waals surface area contributed by atoms with Crippen molar-refractivity contribution < 1.29 is 24.5 Å². The van der Waals surface area contributed by atoms with Gasteiger partial charge in [-0.1, -0.05) is 168 Å². The molecule has 0 aromatic carbocycles. The number of aliphatic carboxylic acids is 1. The molecule has 0 bridgehead atoms. The van der Waals surface area contributed by atoms with Gasteiger partial charge in [0.1, 0.15) is 0 Å². The number of amides is 1. The maximum atomic E-state index is 13.3. The summed E-state index contributed by atoms with van der Waals surface area (Å²) in [6.45, 7) is 17.9. The van der Waals surface area contributed by atoms with Crippen LogP contribution < -0.4 is 0 Å². The maximum absolute atomic E-state index is 13.3. The Morgan fingerprint density at radius 3 is 1.61 bits per heavy atom. The molecule has 0 aromatic heterocycles. The van der Waals surface area contributed by atoms with Crippen LogP contribution in [0.4, 0.5) is 0 Å². The number of carbonyl (C=O) groups is 2. The van der Waals surface area contributed by atoms with E-state index in [0.717, 1.165) is 77.7 Å². The van der Waals surface area contributed by atoms with Crippen molar-refractivity contribution in [1.29, 1.82) is 0 Å². The smallest absolute Gasteiger partial charge is 0.303 e. The molecule has 9 heteroatoms. The summed E-state index contributed by atoms with van der Waals surface area (Å²) in [5, 5.41) is 20.5. The molecule has 1 aliphatic heterocycles. The fourth-order valence-corrected chi connectivity index (χ4v) is 9.32. The second-order valence-corrected chi connectivity index (χ2v) is 18.7.